The number of piperidine rings is 1. The Balaban J connectivity index is 1.60. The number of Topliss-reactive ketones (excluding diaryl/α,β-unsaturated/α-hetero) is 1. The molecule has 2 N–H and O–H groups in total. The maximum atomic E-state index is 13.0. The van der Waals surface area contributed by atoms with Gasteiger partial charge in [0.2, 0.25) is 11.8 Å². The molecule has 1 aromatic rings. The van der Waals surface area contributed by atoms with E-state index in [0.29, 0.717) is 6.54 Å². The topological polar surface area (TPSA) is 104 Å². The highest BCUT2D eigenvalue weighted by atomic mass is 19.1. The predicted octanol–water partition coefficient (Wildman–Crippen LogP) is 0.548. The van der Waals surface area contributed by atoms with Crippen LogP contribution in [0, 0.1) is 17.7 Å². The maximum Gasteiger partial charge on any atom is 0.322 e. The summed E-state index contributed by atoms with van der Waals surface area (Å²) in [6.45, 7) is 0.0506. The van der Waals surface area contributed by atoms with E-state index >= 15 is 0 Å². The minimum atomic E-state index is -1.47. The van der Waals surface area contributed by atoms with Gasteiger partial charge in [0.15, 0.2) is 11.7 Å². The smallest absolute Gasteiger partial charge is 0.322 e. The van der Waals surface area contributed by atoms with E-state index in [1.165, 1.54) is 17.0 Å². The molecule has 0 radical (unpaired) electrons. The second kappa shape index (κ2) is 7.23. The number of rotatable bonds is 6. The van der Waals surface area contributed by atoms with Gasteiger partial charge in [0.25, 0.3) is 0 Å². The van der Waals surface area contributed by atoms with Gasteiger partial charge in [-0.1, -0.05) is 12.1 Å². The van der Waals surface area contributed by atoms with Gasteiger partial charge in [-0.25, -0.2) is 4.39 Å². The van der Waals surface area contributed by atoms with Crippen molar-refractivity contribution in [3.05, 3.63) is 35.6 Å². The summed E-state index contributed by atoms with van der Waals surface area (Å²) < 4.78 is 13.0. The number of ketones is 1. The highest BCUT2D eigenvalue weighted by Gasteiger charge is 2.45. The zero-order chi connectivity index (χ0) is 18.8. The van der Waals surface area contributed by atoms with Crippen LogP contribution in [0.3, 0.4) is 0 Å². The lowest BCUT2D eigenvalue weighted by molar-refractivity contribution is -0.152. The fraction of sp³-hybridized carbons (Fsp3) is 0.444. The molecule has 1 unspecified atom stereocenters. The SMILES string of the molecule is O=C(O)CNC(=O)C1C(=O)CCN(C[C@H]2C[C@@H]2c2ccc(F)cc2)C1=O. The van der Waals surface area contributed by atoms with Crippen LogP contribution in [0.4, 0.5) is 4.39 Å². The van der Waals surface area contributed by atoms with E-state index in [2.05, 4.69) is 5.32 Å². The van der Waals surface area contributed by atoms with E-state index in [4.69, 9.17) is 5.11 Å². The monoisotopic (exact) mass is 362 g/mol. The van der Waals surface area contributed by atoms with Gasteiger partial charge >= 0.3 is 5.97 Å². The standard InChI is InChI=1S/C18H19FN2O5/c19-12-3-1-10(2-4-12)13-7-11(13)9-21-6-5-14(22)16(18(21)26)17(25)20-8-15(23)24/h1-4,11,13,16H,5-9H2,(H,20,25)(H,23,24)/t11-,13-,16?/m1/s1. The van der Waals surface area contributed by atoms with E-state index in [1.807, 2.05) is 0 Å². The quantitative estimate of drug-likeness (QED) is 0.719. The van der Waals surface area contributed by atoms with E-state index in [9.17, 15) is 23.6 Å². The molecule has 3 rings (SSSR count). The molecule has 3 atom stereocenters. The van der Waals surface area contributed by atoms with Gasteiger partial charge in [-0.05, 0) is 36.0 Å². The molecule has 1 aliphatic heterocycles. The number of aliphatic carboxylic acids is 1. The molecule has 2 fully saturated rings. The molecule has 7 nitrogen and oxygen atoms in total. The Kier molecular flexibility index (Phi) is 5.01. The Morgan fingerprint density at radius 1 is 1.23 bits per heavy atom. The molecule has 2 aliphatic rings. The van der Waals surface area contributed by atoms with Gasteiger partial charge in [-0.3, -0.25) is 19.2 Å². The first-order chi connectivity index (χ1) is 12.4. The summed E-state index contributed by atoms with van der Waals surface area (Å²) in [5.74, 6) is -4.49. The van der Waals surface area contributed by atoms with Gasteiger partial charge in [-0.2, -0.15) is 0 Å². The molecule has 0 aromatic heterocycles. The van der Waals surface area contributed by atoms with Crippen molar-refractivity contribution in [1.29, 1.82) is 0 Å². The minimum Gasteiger partial charge on any atom is -0.480 e. The van der Waals surface area contributed by atoms with Gasteiger partial charge in [0.1, 0.15) is 12.4 Å². The molecule has 0 spiro atoms. The number of carbonyl (C=O) groups excluding carboxylic acids is 3. The number of hydrogen-bond acceptors (Lipinski definition) is 4. The lowest BCUT2D eigenvalue weighted by Crippen LogP contribution is -2.53. The molecule has 1 aromatic carbocycles. The summed E-state index contributed by atoms with van der Waals surface area (Å²) in [5.41, 5.74) is 1.01. The average molecular weight is 362 g/mol. The van der Waals surface area contributed by atoms with Crippen molar-refractivity contribution in [1.82, 2.24) is 10.2 Å². The first-order valence-electron chi connectivity index (χ1n) is 8.43. The Morgan fingerprint density at radius 2 is 1.92 bits per heavy atom. The number of nitrogens with one attached hydrogen (secondary N) is 1. The number of nitrogens with zero attached hydrogens (tertiary/aromatic N) is 1. The van der Waals surface area contributed by atoms with E-state index in [1.54, 1.807) is 12.1 Å². The Morgan fingerprint density at radius 3 is 2.58 bits per heavy atom. The van der Waals surface area contributed by atoms with Gasteiger partial charge in [-0.15, -0.1) is 0 Å². The largest absolute Gasteiger partial charge is 0.480 e. The summed E-state index contributed by atoms with van der Waals surface area (Å²) in [6.07, 6.45) is 0.935. The van der Waals surface area contributed by atoms with Crippen LogP contribution in [-0.2, 0) is 19.2 Å². The van der Waals surface area contributed by atoms with E-state index in [0.717, 1.165) is 12.0 Å². The number of hydrogen-bond donors (Lipinski definition) is 2. The van der Waals surface area contributed by atoms with E-state index < -0.39 is 36.0 Å². The van der Waals surface area contributed by atoms with Gasteiger partial charge in [0, 0.05) is 19.5 Å². The van der Waals surface area contributed by atoms with Crippen LogP contribution in [0.15, 0.2) is 24.3 Å². The number of carboxylic acids is 1. The van der Waals surface area contributed by atoms with Crippen LogP contribution in [0.2, 0.25) is 0 Å². The zero-order valence-electron chi connectivity index (χ0n) is 14.0. The summed E-state index contributed by atoms with van der Waals surface area (Å²) in [7, 11) is 0. The van der Waals surface area contributed by atoms with Crippen LogP contribution in [0.25, 0.3) is 0 Å². The third kappa shape index (κ3) is 3.89. The molecule has 1 heterocycles. The molecule has 0 bridgehead atoms. The molecule has 26 heavy (non-hydrogen) atoms. The summed E-state index contributed by atoms with van der Waals surface area (Å²) in [6, 6.07) is 6.25. The number of halogens is 1. The van der Waals surface area contributed by atoms with Crippen molar-refractivity contribution >= 4 is 23.6 Å². The van der Waals surface area contributed by atoms with Crippen molar-refractivity contribution in [3.63, 3.8) is 0 Å². The van der Waals surface area contributed by atoms with Crippen molar-refractivity contribution < 1.29 is 28.7 Å². The number of benzene rings is 1. The molecule has 8 heteroatoms. The highest BCUT2D eigenvalue weighted by Crippen LogP contribution is 2.48. The summed E-state index contributed by atoms with van der Waals surface area (Å²) in [4.78, 5) is 48.5. The van der Waals surface area contributed by atoms with Crippen LogP contribution in [-0.4, -0.2) is 53.2 Å². The predicted molar refractivity (Wildman–Crippen MR) is 87.6 cm³/mol. The number of carboxylic acid groups (broad SMARTS) is 1. The third-order valence-corrected chi connectivity index (χ3v) is 4.86. The lowest BCUT2D eigenvalue weighted by Gasteiger charge is -2.30. The van der Waals surface area contributed by atoms with Crippen molar-refractivity contribution in [2.45, 2.75) is 18.8 Å². The maximum absolute atomic E-state index is 13.0. The van der Waals surface area contributed by atoms with Gasteiger partial charge in [0.05, 0.1) is 0 Å². The van der Waals surface area contributed by atoms with Crippen LogP contribution in [0.1, 0.15) is 24.3 Å². The Hall–Kier alpha value is -2.77. The Labute approximate surface area is 149 Å². The molecule has 2 amide bonds. The zero-order valence-corrected chi connectivity index (χ0v) is 14.0. The summed E-state index contributed by atoms with van der Waals surface area (Å²) in [5, 5.41) is 10.7. The minimum absolute atomic E-state index is 0.0742. The van der Waals surface area contributed by atoms with E-state index in [-0.39, 0.29) is 30.6 Å². The van der Waals surface area contributed by atoms with Crippen molar-refractivity contribution in [2.75, 3.05) is 19.6 Å². The Bertz CT molecular complexity index is 748. The van der Waals surface area contributed by atoms with Crippen LogP contribution >= 0.6 is 0 Å². The molecule has 138 valence electrons. The first kappa shape index (κ1) is 18.0. The molecule has 1 saturated heterocycles. The first-order valence-corrected chi connectivity index (χ1v) is 8.43. The molecule has 1 aliphatic carbocycles. The van der Waals surface area contributed by atoms with Gasteiger partial charge < -0.3 is 15.3 Å². The average Bonchev–Trinajstić information content (AvgIpc) is 3.35. The third-order valence-electron chi connectivity index (χ3n) is 4.86. The number of likely N-dealkylation sites (tertiary alicyclic amines) is 1. The van der Waals surface area contributed by atoms with Crippen molar-refractivity contribution in [2.24, 2.45) is 11.8 Å². The normalized spacial score (nSPS) is 25.1. The fourth-order valence-electron chi connectivity index (χ4n) is 3.38. The summed E-state index contributed by atoms with van der Waals surface area (Å²) >= 11 is 0. The second-order valence-corrected chi connectivity index (χ2v) is 6.70. The van der Waals surface area contributed by atoms with Crippen LogP contribution in [0.5, 0.6) is 0 Å². The fourth-order valence-corrected chi connectivity index (χ4v) is 3.38. The molecular weight excluding hydrogens is 343 g/mol. The molecular formula is C18H19FN2O5. The van der Waals surface area contributed by atoms with Crippen LogP contribution < -0.4 is 5.32 Å². The number of carbonyl (C=O) groups is 4. The highest BCUT2D eigenvalue weighted by molar-refractivity contribution is 6.19. The van der Waals surface area contributed by atoms with Crippen molar-refractivity contribution in [3.8, 4) is 0 Å². The number of amides is 2. The lowest BCUT2D eigenvalue weighted by atomic mass is 9.94. The molecule has 1 saturated carbocycles. The second-order valence-electron chi connectivity index (χ2n) is 6.70.